The molecule has 7 heterocycles. The SMILES string of the molecule is CO[C@H]1C[C@@H]2CC[C@@H](C)[C@@](O)(O2)C(=O)C(=O)N2CCCC[C@H]2C(=O)O[C@H]([C@H](C)C[C@@H]2CC[C@H](n3cc(COC(=O)NCCOCCOCCOCCC(=O)NCCOCCOCCC(=O)NCCCCn4nc(-c5ccc6oc(N)nc6c5)c5c(N)ncnc54)nn3)[C@H](OC)C2)C[C@@H](OC)[C@H](C)/C=C(\C)[C@@H](O)[C@@H](O)C(=O)[C@H](C)C[C@H](C)/C=C/C=CC=C1C. The summed E-state index contributed by atoms with van der Waals surface area (Å²) < 4.78 is 73.2. The Balaban J connectivity index is 0.634. The van der Waals surface area contributed by atoms with E-state index >= 15 is 0 Å². The monoisotopic (exact) mass is 1720 g/mol. The number of oxazole rings is 1. The van der Waals surface area contributed by atoms with E-state index in [9.17, 15) is 48.9 Å². The molecule has 5 aromatic rings. The predicted octanol–water partition coefficient (Wildman–Crippen LogP) is 7.36. The van der Waals surface area contributed by atoms with Crippen LogP contribution in [0.25, 0.3) is 33.4 Å². The van der Waals surface area contributed by atoms with Crippen molar-refractivity contribution in [2.24, 2.45) is 35.5 Å². The Morgan fingerprint density at radius 1 is 0.732 bits per heavy atom. The van der Waals surface area contributed by atoms with Crippen molar-refractivity contribution in [2.45, 2.75) is 225 Å². The highest BCUT2D eigenvalue weighted by Crippen LogP contribution is 2.41. The summed E-state index contributed by atoms with van der Waals surface area (Å²) in [4.78, 5) is 109. The summed E-state index contributed by atoms with van der Waals surface area (Å²) >= 11 is 0. The van der Waals surface area contributed by atoms with E-state index in [2.05, 4.69) is 41.2 Å². The molecule has 1 aliphatic carbocycles. The Kier molecular flexibility index (Phi) is 39.4. The van der Waals surface area contributed by atoms with Crippen molar-refractivity contribution in [3.63, 3.8) is 0 Å². The van der Waals surface area contributed by atoms with Gasteiger partial charge in [0.15, 0.2) is 17.0 Å². The summed E-state index contributed by atoms with van der Waals surface area (Å²) in [6.45, 7) is 16.9. The van der Waals surface area contributed by atoms with Crippen LogP contribution in [-0.2, 0) is 94.0 Å². The Hall–Kier alpha value is -9.05. The van der Waals surface area contributed by atoms with Gasteiger partial charge in [-0.05, 0) is 138 Å². The number of carbonyl (C=O) groups excluding carboxylic acids is 7. The summed E-state index contributed by atoms with van der Waals surface area (Å²) in [5.74, 6) is -7.88. The van der Waals surface area contributed by atoms with Crippen LogP contribution in [0.3, 0.4) is 0 Å². The first-order chi connectivity index (χ1) is 59.2. The van der Waals surface area contributed by atoms with Crippen molar-refractivity contribution < 1.29 is 105 Å². The van der Waals surface area contributed by atoms with Crippen molar-refractivity contribution in [1.29, 1.82) is 0 Å². The van der Waals surface area contributed by atoms with Gasteiger partial charge < -0.3 is 104 Å². The molecule has 1 saturated carbocycles. The van der Waals surface area contributed by atoms with Crippen molar-refractivity contribution in [3.8, 4) is 11.3 Å². The van der Waals surface area contributed by atoms with Gasteiger partial charge in [-0.25, -0.2) is 28.9 Å². The molecule has 2 saturated heterocycles. The number of piperidine rings is 1. The molecule has 16 atom stereocenters. The lowest BCUT2D eigenvalue weighted by Gasteiger charge is -2.43. The van der Waals surface area contributed by atoms with Gasteiger partial charge in [0, 0.05) is 103 Å². The Labute approximate surface area is 718 Å². The molecule has 36 nitrogen and oxygen atoms in total. The number of nitrogens with zero attached hydrogens (tertiary/aromatic N) is 9. The van der Waals surface area contributed by atoms with Crippen LogP contribution in [0, 0.1) is 35.5 Å². The first-order valence-corrected chi connectivity index (χ1v) is 43.2. The zero-order valence-corrected chi connectivity index (χ0v) is 72.9. The number of fused-ring (bicyclic) bond motifs is 5. The number of alkyl carbamates (subject to hydrolysis) is 1. The molecule has 0 unspecified atom stereocenters. The molecule has 0 radical (unpaired) electrons. The van der Waals surface area contributed by atoms with Crippen LogP contribution in [0.4, 0.5) is 16.6 Å². The fourth-order valence-corrected chi connectivity index (χ4v) is 16.3. The Bertz CT molecular complexity index is 4340. The van der Waals surface area contributed by atoms with Gasteiger partial charge in [0.1, 0.15) is 60.0 Å². The quantitative estimate of drug-likeness (QED) is 0.00840. The standard InChI is InChI=1S/C87H130N14O22/c1-54-18-12-11-13-19-55(2)69(112-8)49-64-24-21-60(7)87(111,123-64)80(107)83(108)99-32-16-14-20-67(99)84(109)121-71(50-70(113-9)56(3)45-59(6)78(105)79(106)77(104)58(5)44-54)57(4)46-61-22-25-66(72(47-61)114-10)101-51-63(96-98-101)52-120-86(110)92-31-37-118-41-43-119-42-39-116-35-28-74(103)91-30-36-117-40-38-115-34-27-73(102)90-29-15-17-33-100-82-75(81(88)93-53-94-82)76(97-100)62-23-26-68-65(48-62)95-85(89)122-68/h11-13,18-19,23,26,45,48,51,53-54,56-58,60-61,64,66-67,69-72,78-79,105-106,111H,14-17,20-22,24-25,27-44,46-47,49-50,52H2,1-10H3,(H2,89,95)(H,90,102)(H,91,103)(H,92,110)(H2,88,93,94)/b13-11?,18-12+,55-19?,59-45+/t54-,56-,57-,58-,60-,61+,64+,66+,67+,69+,70-,71+,72-,78-,79+,87-/m1/s1. The van der Waals surface area contributed by atoms with Gasteiger partial charge in [-0.15, -0.1) is 5.10 Å². The highest BCUT2D eigenvalue weighted by Gasteiger charge is 2.53. The fourth-order valence-electron chi connectivity index (χ4n) is 16.3. The second-order valence-electron chi connectivity index (χ2n) is 32.7. The maximum Gasteiger partial charge on any atom is 0.407 e. The number of benzene rings is 1. The summed E-state index contributed by atoms with van der Waals surface area (Å²) in [6.07, 6.45) is 15.0. The van der Waals surface area contributed by atoms with Crippen LogP contribution < -0.4 is 27.4 Å². The van der Waals surface area contributed by atoms with E-state index < -0.39 is 95.7 Å². The molecule has 36 heteroatoms. The van der Waals surface area contributed by atoms with E-state index in [0.29, 0.717) is 149 Å². The van der Waals surface area contributed by atoms with Gasteiger partial charge in [-0.3, -0.25) is 24.0 Å². The summed E-state index contributed by atoms with van der Waals surface area (Å²) in [6, 6.07) is 4.16. The number of amides is 4. The number of Topliss-reactive ketones (excluding diaryl/α,β-unsaturated/α-hetero) is 2. The van der Waals surface area contributed by atoms with Crippen molar-refractivity contribution in [1.82, 2.24) is 60.6 Å². The number of nitrogens with two attached hydrogens (primary N) is 2. The fraction of sp³-hybridized carbons (Fsp3) is 0.667. The van der Waals surface area contributed by atoms with E-state index in [4.69, 9.17) is 73.1 Å². The number of allylic oxidation sites excluding steroid dienone is 5. The van der Waals surface area contributed by atoms with Gasteiger partial charge in [0.2, 0.25) is 17.6 Å². The number of hydrogen-bond acceptors (Lipinski definition) is 30. The molecule has 10 N–H and O–H groups in total. The molecule has 1 aromatic carbocycles. The average molecular weight is 1720 g/mol. The number of nitrogen functional groups attached to an aromatic ring is 2. The third-order valence-electron chi connectivity index (χ3n) is 23.5. The molecule has 3 aliphatic heterocycles. The zero-order chi connectivity index (χ0) is 88.5. The van der Waals surface area contributed by atoms with E-state index in [-0.39, 0.29) is 139 Å². The van der Waals surface area contributed by atoms with Gasteiger partial charge in [0.05, 0.1) is 108 Å². The lowest BCUT2D eigenvalue weighted by atomic mass is 9.77. The Morgan fingerprint density at radius 2 is 1.42 bits per heavy atom. The number of esters is 1. The number of aryl methyl sites for hydroxylation is 1. The molecule has 9 rings (SSSR count). The Morgan fingerprint density at radius 3 is 2.13 bits per heavy atom. The number of hydrogen-bond donors (Lipinski definition) is 8. The summed E-state index contributed by atoms with van der Waals surface area (Å²) in [5.41, 5.74) is 16.8. The van der Waals surface area contributed by atoms with Crippen molar-refractivity contribution in [2.75, 3.05) is 125 Å². The second kappa shape index (κ2) is 49.6. The molecular weight excluding hydrogens is 1590 g/mol. The van der Waals surface area contributed by atoms with Gasteiger partial charge in [-0.1, -0.05) is 76.3 Å². The van der Waals surface area contributed by atoms with Gasteiger partial charge in [-0.2, -0.15) is 10.1 Å². The number of methoxy groups -OCH3 is 3. The number of carbonyl (C=O) groups is 7. The molecule has 2 bridgehead atoms. The largest absolute Gasteiger partial charge is 0.460 e. The number of ketones is 2. The minimum atomic E-state index is -2.47. The number of ether oxygens (including phenoxy) is 11. The molecule has 680 valence electrons. The number of cyclic esters (lactones) is 1. The van der Waals surface area contributed by atoms with Crippen molar-refractivity contribution >= 4 is 75.3 Å². The number of aliphatic hydroxyl groups excluding tert-OH is 2. The number of nitrogens with one attached hydrogen (secondary N) is 3. The summed E-state index contributed by atoms with van der Waals surface area (Å²) in [5, 5.41) is 57.5. The van der Waals surface area contributed by atoms with E-state index in [1.54, 1.807) is 62.7 Å². The zero-order valence-electron chi connectivity index (χ0n) is 72.9. The van der Waals surface area contributed by atoms with Crippen LogP contribution in [0.15, 0.2) is 82.7 Å². The lowest BCUT2D eigenvalue weighted by molar-refractivity contribution is -0.265. The third kappa shape index (κ3) is 29.0. The first kappa shape index (κ1) is 97.8. The number of aromatic nitrogens is 8. The molecule has 0 spiro atoms. The topological polar surface area (TPSA) is 473 Å². The minimum absolute atomic E-state index is 0.0499. The molecule has 3 fully saturated rings. The third-order valence-corrected chi connectivity index (χ3v) is 23.5. The maximum atomic E-state index is 14.9. The van der Waals surface area contributed by atoms with Crippen LogP contribution in [0.1, 0.15) is 163 Å². The van der Waals surface area contributed by atoms with Crippen LogP contribution in [-0.4, -0.2) is 269 Å². The second-order valence-corrected chi connectivity index (χ2v) is 32.7. The average Bonchev–Trinajstić information content (AvgIpc) is 1.71. The normalized spacial score (nSPS) is 26.8. The van der Waals surface area contributed by atoms with Gasteiger partial charge >= 0.3 is 12.1 Å². The van der Waals surface area contributed by atoms with Crippen molar-refractivity contribution in [3.05, 3.63) is 84.0 Å². The number of rotatable bonds is 36. The molecule has 4 aromatic heterocycles. The minimum Gasteiger partial charge on any atom is -0.460 e. The van der Waals surface area contributed by atoms with E-state index in [1.165, 1.54) is 18.3 Å². The highest BCUT2D eigenvalue weighted by atomic mass is 16.6. The summed E-state index contributed by atoms with van der Waals surface area (Å²) in [7, 11) is 4.75. The predicted molar refractivity (Wildman–Crippen MR) is 453 cm³/mol. The number of anilines is 2. The smallest absolute Gasteiger partial charge is 0.407 e. The lowest BCUT2D eigenvalue weighted by Crippen LogP contribution is -2.61. The maximum absolute atomic E-state index is 14.9. The highest BCUT2D eigenvalue weighted by molar-refractivity contribution is 6.39. The molecular formula is C87H130N14O22. The van der Waals surface area contributed by atoms with Crippen LogP contribution >= 0.6 is 0 Å². The van der Waals surface area contributed by atoms with Crippen LogP contribution in [0.5, 0.6) is 0 Å². The first-order valence-electron chi connectivity index (χ1n) is 43.2. The van der Waals surface area contributed by atoms with E-state index in [1.807, 2.05) is 70.2 Å². The van der Waals surface area contributed by atoms with Gasteiger partial charge in [0.25, 0.3) is 17.7 Å². The molecule has 4 amide bonds. The van der Waals surface area contributed by atoms with Crippen LogP contribution in [0.2, 0.25) is 0 Å². The number of aliphatic hydroxyl groups is 3. The van der Waals surface area contributed by atoms with E-state index in [0.717, 1.165) is 24.0 Å². The molecule has 123 heavy (non-hydrogen) atoms. The number of unbranched alkanes of at least 4 members (excludes halogenated alkanes) is 1. The molecule has 4 aliphatic rings.